The van der Waals surface area contributed by atoms with Crippen molar-refractivity contribution in [1.82, 2.24) is 15.4 Å². The molecule has 2 atom stereocenters. The van der Waals surface area contributed by atoms with Crippen LogP contribution in [0.4, 0.5) is 10.5 Å². The van der Waals surface area contributed by atoms with Crippen molar-refractivity contribution in [2.45, 2.75) is 31.8 Å². The summed E-state index contributed by atoms with van der Waals surface area (Å²) in [6.45, 7) is -0.0532. The summed E-state index contributed by atoms with van der Waals surface area (Å²) in [7, 11) is 0. The number of aryl methyl sites for hydroxylation is 1. The van der Waals surface area contributed by atoms with Gasteiger partial charge < -0.3 is 25.2 Å². The number of anilines is 1. The molecule has 3 amide bonds. The van der Waals surface area contributed by atoms with Gasteiger partial charge in [0.05, 0.1) is 30.9 Å². The Balaban J connectivity index is 1.38. The number of fused-ring (bicyclic) bond motifs is 1. The average molecular weight is 539 g/mol. The van der Waals surface area contributed by atoms with Gasteiger partial charge in [-0.2, -0.15) is 0 Å². The minimum atomic E-state index is -1.10. The number of carboxylic acids is 1. The predicted octanol–water partition coefficient (Wildman–Crippen LogP) is 5.07. The monoisotopic (exact) mass is 538 g/mol. The Hall–Kier alpha value is -4.92. The maximum atomic E-state index is 13.8. The lowest BCUT2D eigenvalue weighted by Gasteiger charge is -2.41. The van der Waals surface area contributed by atoms with Gasteiger partial charge in [-0.15, -0.1) is 0 Å². The predicted molar refractivity (Wildman–Crippen MR) is 149 cm³/mol. The van der Waals surface area contributed by atoms with Crippen LogP contribution in [0.25, 0.3) is 0 Å². The molecule has 9 nitrogen and oxygen atoms in total. The molecular formula is C31H30N4O5. The first kappa shape index (κ1) is 26.7. The molecule has 4 aromatic rings. The molecule has 1 heterocycles. The van der Waals surface area contributed by atoms with E-state index in [2.05, 4.69) is 40.1 Å². The molecular weight excluding hydrogens is 508 g/mol. The van der Waals surface area contributed by atoms with Crippen LogP contribution in [0, 0.1) is 5.92 Å². The first-order chi connectivity index (χ1) is 19.5. The fraction of sp³-hybridized carbons (Fsp3) is 0.226. The first-order valence-electron chi connectivity index (χ1n) is 13.2. The number of carbonyl (C=O) groups excluding carboxylic acids is 2. The lowest BCUT2D eigenvalue weighted by atomic mass is 9.76. The van der Waals surface area contributed by atoms with Gasteiger partial charge >= 0.3 is 12.0 Å². The summed E-state index contributed by atoms with van der Waals surface area (Å²) >= 11 is 0. The first-order valence-corrected chi connectivity index (χ1v) is 13.2. The molecule has 0 radical (unpaired) electrons. The Bertz CT molecular complexity index is 1470. The van der Waals surface area contributed by atoms with E-state index in [1.807, 2.05) is 30.3 Å². The van der Waals surface area contributed by atoms with Crippen molar-refractivity contribution < 1.29 is 24.0 Å². The molecule has 0 aliphatic heterocycles. The van der Waals surface area contributed by atoms with Gasteiger partial charge in [-0.05, 0) is 60.1 Å². The second-order valence-electron chi connectivity index (χ2n) is 9.83. The summed E-state index contributed by atoms with van der Waals surface area (Å²) in [5.74, 6) is -0.674. The van der Waals surface area contributed by atoms with E-state index in [9.17, 15) is 19.5 Å². The van der Waals surface area contributed by atoms with Crippen LogP contribution < -0.4 is 10.6 Å². The van der Waals surface area contributed by atoms with Crippen molar-refractivity contribution >= 4 is 23.6 Å². The molecule has 0 bridgehead atoms. The van der Waals surface area contributed by atoms with Crippen molar-refractivity contribution in [2.24, 2.45) is 5.92 Å². The van der Waals surface area contributed by atoms with Crippen molar-refractivity contribution in [3.8, 4) is 0 Å². The SMILES string of the molecule is O=C(NCC(=O)N(Cc1ccno1)[C@@H]1c2ccccc2CC[C@H]1Cc1ccccc1)Nc1cccc(C(=O)O)c1. The molecule has 0 saturated carbocycles. The number of carboxylic acid groups (broad SMARTS) is 1. The number of hydrogen-bond acceptors (Lipinski definition) is 5. The third-order valence-corrected chi connectivity index (χ3v) is 7.19. The number of aromatic nitrogens is 1. The van der Waals surface area contributed by atoms with Crippen molar-refractivity contribution in [3.05, 3.63) is 119 Å². The Morgan fingerprint density at radius 2 is 1.77 bits per heavy atom. The fourth-order valence-electron chi connectivity index (χ4n) is 5.35. The summed E-state index contributed by atoms with van der Waals surface area (Å²) in [5, 5.41) is 18.3. The molecule has 0 unspecified atom stereocenters. The lowest BCUT2D eigenvalue weighted by Crippen LogP contribution is -2.46. The minimum absolute atomic E-state index is 0.0486. The second-order valence-corrected chi connectivity index (χ2v) is 9.83. The number of urea groups is 1. The van der Waals surface area contributed by atoms with E-state index >= 15 is 0 Å². The van der Waals surface area contributed by atoms with Crippen LogP contribution in [0.2, 0.25) is 0 Å². The molecule has 1 aliphatic rings. The Morgan fingerprint density at radius 1 is 0.975 bits per heavy atom. The maximum Gasteiger partial charge on any atom is 0.335 e. The van der Waals surface area contributed by atoms with Crippen LogP contribution >= 0.6 is 0 Å². The van der Waals surface area contributed by atoms with E-state index in [0.29, 0.717) is 11.4 Å². The molecule has 5 rings (SSSR count). The van der Waals surface area contributed by atoms with Gasteiger partial charge in [0.25, 0.3) is 0 Å². The van der Waals surface area contributed by atoms with Gasteiger partial charge in [0.15, 0.2) is 5.76 Å². The van der Waals surface area contributed by atoms with Crippen LogP contribution in [0.3, 0.4) is 0 Å². The van der Waals surface area contributed by atoms with Gasteiger partial charge in [0, 0.05) is 11.8 Å². The molecule has 1 aromatic heterocycles. The van der Waals surface area contributed by atoms with E-state index < -0.39 is 12.0 Å². The number of benzene rings is 3. The zero-order chi connectivity index (χ0) is 27.9. The number of rotatable bonds is 9. The topological polar surface area (TPSA) is 125 Å². The largest absolute Gasteiger partial charge is 0.478 e. The van der Waals surface area contributed by atoms with Crippen LogP contribution in [-0.4, -0.2) is 39.6 Å². The van der Waals surface area contributed by atoms with Gasteiger partial charge in [-0.3, -0.25) is 4.79 Å². The van der Waals surface area contributed by atoms with E-state index in [1.165, 1.54) is 29.3 Å². The Labute approximate surface area is 231 Å². The third kappa shape index (κ3) is 6.37. The van der Waals surface area contributed by atoms with Gasteiger partial charge in [0.1, 0.15) is 0 Å². The van der Waals surface area contributed by atoms with E-state index in [0.717, 1.165) is 24.8 Å². The number of nitrogens with zero attached hydrogens (tertiary/aromatic N) is 2. The molecule has 1 aliphatic carbocycles. The summed E-state index contributed by atoms with van der Waals surface area (Å²) in [4.78, 5) is 39.5. The quantitative estimate of drug-likeness (QED) is 0.273. The van der Waals surface area contributed by atoms with Crippen LogP contribution in [0.5, 0.6) is 0 Å². The highest BCUT2D eigenvalue weighted by molar-refractivity contribution is 5.94. The summed E-state index contributed by atoms with van der Waals surface area (Å²) < 4.78 is 5.39. The number of aromatic carboxylic acids is 1. The van der Waals surface area contributed by atoms with E-state index in [1.54, 1.807) is 23.2 Å². The Morgan fingerprint density at radius 3 is 2.55 bits per heavy atom. The normalized spacial score (nSPS) is 16.0. The summed E-state index contributed by atoms with van der Waals surface area (Å²) in [5.41, 5.74) is 3.86. The lowest BCUT2D eigenvalue weighted by molar-refractivity contribution is -0.135. The molecule has 3 N–H and O–H groups in total. The van der Waals surface area contributed by atoms with Crippen molar-refractivity contribution in [3.63, 3.8) is 0 Å². The van der Waals surface area contributed by atoms with E-state index in [-0.39, 0.29) is 36.5 Å². The third-order valence-electron chi connectivity index (χ3n) is 7.19. The van der Waals surface area contributed by atoms with Crippen molar-refractivity contribution in [2.75, 3.05) is 11.9 Å². The Kier molecular flexibility index (Phi) is 8.20. The zero-order valence-electron chi connectivity index (χ0n) is 21.8. The number of amides is 3. The number of hydrogen-bond donors (Lipinski definition) is 3. The fourth-order valence-corrected chi connectivity index (χ4v) is 5.35. The molecule has 0 spiro atoms. The second kappa shape index (κ2) is 12.3. The van der Waals surface area contributed by atoms with Crippen LogP contribution in [0.15, 0.2) is 95.6 Å². The van der Waals surface area contributed by atoms with Crippen LogP contribution in [-0.2, 0) is 24.2 Å². The molecule has 40 heavy (non-hydrogen) atoms. The molecule has 0 saturated heterocycles. The minimum Gasteiger partial charge on any atom is -0.478 e. The average Bonchev–Trinajstić information content (AvgIpc) is 3.49. The van der Waals surface area contributed by atoms with Gasteiger partial charge in [-0.1, -0.05) is 65.8 Å². The molecule has 0 fully saturated rings. The highest BCUT2D eigenvalue weighted by atomic mass is 16.5. The zero-order valence-corrected chi connectivity index (χ0v) is 21.8. The maximum absolute atomic E-state index is 13.8. The van der Waals surface area contributed by atoms with Gasteiger partial charge in [0.2, 0.25) is 5.91 Å². The molecule has 204 valence electrons. The van der Waals surface area contributed by atoms with Crippen molar-refractivity contribution in [1.29, 1.82) is 0 Å². The highest BCUT2D eigenvalue weighted by Gasteiger charge is 2.37. The van der Waals surface area contributed by atoms with Gasteiger partial charge in [-0.25, -0.2) is 9.59 Å². The highest BCUT2D eigenvalue weighted by Crippen LogP contribution is 2.41. The smallest absolute Gasteiger partial charge is 0.335 e. The standard InChI is InChI=1S/C31H30N4O5/c36-28(19-32-31(39)34-25-11-6-10-24(18-25)30(37)38)35(20-26-15-16-33-40-26)29-23(17-21-7-2-1-3-8-21)14-13-22-9-4-5-12-27(22)29/h1-12,15-16,18,23,29H,13-14,17,19-20H2,(H,37,38)(H2,32,34,39)/t23-,29-/m0/s1. The number of carbonyl (C=O) groups is 3. The molecule has 3 aromatic carbocycles. The van der Waals surface area contributed by atoms with Crippen LogP contribution in [0.1, 0.15) is 45.3 Å². The summed E-state index contributed by atoms with van der Waals surface area (Å²) in [6, 6.07) is 25.2. The van der Waals surface area contributed by atoms with E-state index in [4.69, 9.17) is 4.52 Å². The molecule has 9 heteroatoms. The summed E-state index contributed by atoms with van der Waals surface area (Å²) in [6.07, 6.45) is 4.17. The number of nitrogens with one attached hydrogen (secondary N) is 2.